The summed E-state index contributed by atoms with van der Waals surface area (Å²) in [5.74, 6) is 0.844. The average Bonchev–Trinajstić information content (AvgIpc) is 2.80. The van der Waals surface area contributed by atoms with E-state index in [0.29, 0.717) is 13.0 Å². The highest BCUT2D eigenvalue weighted by Gasteiger charge is 2.19. The molecule has 0 spiro atoms. The molecule has 0 fully saturated rings. The smallest absolute Gasteiger partial charge is 0.120 e. The Kier molecular flexibility index (Phi) is 9.24. The summed E-state index contributed by atoms with van der Waals surface area (Å²) in [7, 11) is 0. The van der Waals surface area contributed by atoms with Gasteiger partial charge in [-0.25, -0.2) is 0 Å². The molecule has 3 nitrogen and oxygen atoms in total. The topological polar surface area (TPSA) is 55.5 Å². The van der Waals surface area contributed by atoms with Crippen LogP contribution in [0.15, 0.2) is 94.7 Å². The first-order valence-electron chi connectivity index (χ1n) is 10.8. The van der Waals surface area contributed by atoms with Crippen molar-refractivity contribution in [2.45, 2.75) is 48.1 Å². The Bertz CT molecular complexity index is 1030. The molecule has 0 bridgehead atoms. The summed E-state index contributed by atoms with van der Waals surface area (Å²) >= 11 is 8.21. The lowest BCUT2D eigenvalue weighted by Gasteiger charge is -2.23. The second-order valence-corrected chi connectivity index (χ2v) is 9.40. The van der Waals surface area contributed by atoms with E-state index < -0.39 is 5.54 Å². The van der Waals surface area contributed by atoms with E-state index in [0.717, 1.165) is 44.5 Å². The van der Waals surface area contributed by atoms with Gasteiger partial charge in [0.05, 0.1) is 12.1 Å². The fourth-order valence-corrected chi connectivity index (χ4v) is 4.70. The first-order chi connectivity index (χ1) is 15.5. The molecule has 3 aromatic rings. The van der Waals surface area contributed by atoms with E-state index in [1.807, 2.05) is 61.5 Å². The fourth-order valence-electron chi connectivity index (χ4n) is 3.45. The van der Waals surface area contributed by atoms with Crippen LogP contribution in [0.5, 0.6) is 5.75 Å². The van der Waals surface area contributed by atoms with E-state index in [-0.39, 0.29) is 6.61 Å². The van der Waals surface area contributed by atoms with Gasteiger partial charge in [0.1, 0.15) is 12.4 Å². The maximum atomic E-state index is 9.54. The van der Waals surface area contributed by atoms with Crippen molar-refractivity contribution >= 4 is 23.4 Å². The summed E-state index contributed by atoms with van der Waals surface area (Å²) in [6, 6.07) is 24.4. The molecule has 3 rings (SSSR count). The molecule has 1 atom stereocenters. The van der Waals surface area contributed by atoms with Gasteiger partial charge >= 0.3 is 0 Å². The number of hydrogen-bond acceptors (Lipinski definition) is 4. The highest BCUT2D eigenvalue weighted by molar-refractivity contribution is 7.99. The fraction of sp³-hybridized carbons (Fsp3) is 0.259. The number of aliphatic hydroxyl groups excluding tert-OH is 1. The summed E-state index contributed by atoms with van der Waals surface area (Å²) in [6.45, 7) is 2.40. The Balaban J connectivity index is 1.57. The maximum Gasteiger partial charge on any atom is 0.120 e. The minimum atomic E-state index is -0.662. The Morgan fingerprint density at radius 2 is 1.81 bits per heavy atom. The number of ether oxygens (including phenoxy) is 1. The normalized spacial score (nSPS) is 13.2. The van der Waals surface area contributed by atoms with Gasteiger partial charge in [-0.3, -0.25) is 0 Å². The molecule has 5 heteroatoms. The summed E-state index contributed by atoms with van der Waals surface area (Å²) in [5, 5.41) is 10.3. The van der Waals surface area contributed by atoms with Gasteiger partial charge in [0.2, 0.25) is 0 Å². The molecule has 0 aliphatic carbocycles. The molecule has 0 radical (unpaired) electrons. The van der Waals surface area contributed by atoms with Crippen LogP contribution in [0.3, 0.4) is 0 Å². The molecule has 0 saturated carbocycles. The summed E-state index contributed by atoms with van der Waals surface area (Å²) in [5.41, 5.74) is 7.78. The third kappa shape index (κ3) is 7.42. The van der Waals surface area contributed by atoms with Crippen LogP contribution in [0.2, 0.25) is 5.02 Å². The highest BCUT2D eigenvalue weighted by atomic mass is 35.5. The monoisotopic (exact) mass is 467 g/mol. The van der Waals surface area contributed by atoms with Crippen LogP contribution < -0.4 is 10.5 Å². The number of aryl methyl sites for hydroxylation is 1. The van der Waals surface area contributed by atoms with Crippen molar-refractivity contribution < 1.29 is 9.84 Å². The first-order valence-corrected chi connectivity index (χ1v) is 12.0. The maximum absolute atomic E-state index is 9.54. The summed E-state index contributed by atoms with van der Waals surface area (Å²) in [4.78, 5) is 2.18. The quantitative estimate of drug-likeness (QED) is 0.309. The molecule has 0 amide bonds. The van der Waals surface area contributed by atoms with Crippen LogP contribution in [0.1, 0.15) is 30.9 Å². The zero-order valence-corrected chi connectivity index (χ0v) is 19.9. The summed E-state index contributed by atoms with van der Waals surface area (Å²) in [6.07, 6.45) is 6.14. The molecular weight excluding hydrogens is 438 g/mol. The minimum absolute atomic E-state index is 0.0607. The lowest BCUT2D eigenvalue weighted by Crippen LogP contribution is -2.41. The first kappa shape index (κ1) is 24.4. The summed E-state index contributed by atoms with van der Waals surface area (Å²) < 4.78 is 5.94. The van der Waals surface area contributed by atoms with Crippen molar-refractivity contribution in [3.05, 3.63) is 101 Å². The highest BCUT2D eigenvalue weighted by Crippen LogP contribution is 2.33. The Labute approximate surface area is 200 Å². The van der Waals surface area contributed by atoms with Crippen LogP contribution in [0.4, 0.5) is 0 Å². The average molecular weight is 468 g/mol. The van der Waals surface area contributed by atoms with E-state index in [4.69, 9.17) is 22.1 Å². The molecule has 0 aromatic heterocycles. The SMILES string of the molecule is C/C=C\C(N)(CO)CCCc1ccc(Sc2cccc(OCc3ccccc3)c2)cc1Cl. The minimum Gasteiger partial charge on any atom is -0.489 e. The van der Waals surface area contributed by atoms with Crippen molar-refractivity contribution in [3.8, 4) is 5.75 Å². The zero-order chi connectivity index (χ0) is 22.8. The number of benzene rings is 3. The van der Waals surface area contributed by atoms with Gasteiger partial charge in [0.15, 0.2) is 0 Å². The zero-order valence-electron chi connectivity index (χ0n) is 18.3. The van der Waals surface area contributed by atoms with Crippen LogP contribution in [-0.2, 0) is 13.0 Å². The molecule has 0 aliphatic heterocycles. The molecule has 1 unspecified atom stereocenters. The van der Waals surface area contributed by atoms with Crippen molar-refractivity contribution in [3.63, 3.8) is 0 Å². The van der Waals surface area contributed by atoms with Gasteiger partial charge in [0.25, 0.3) is 0 Å². The van der Waals surface area contributed by atoms with Crippen LogP contribution >= 0.6 is 23.4 Å². The van der Waals surface area contributed by atoms with Crippen LogP contribution in [-0.4, -0.2) is 17.3 Å². The van der Waals surface area contributed by atoms with Gasteiger partial charge in [-0.1, -0.05) is 78.0 Å². The van der Waals surface area contributed by atoms with Gasteiger partial charge < -0.3 is 15.6 Å². The van der Waals surface area contributed by atoms with Gasteiger partial charge in [-0.15, -0.1) is 0 Å². The predicted molar refractivity (Wildman–Crippen MR) is 135 cm³/mol. The van der Waals surface area contributed by atoms with E-state index in [1.54, 1.807) is 11.8 Å². The van der Waals surface area contributed by atoms with E-state index >= 15 is 0 Å². The molecule has 0 heterocycles. The van der Waals surface area contributed by atoms with Gasteiger partial charge in [-0.05, 0) is 67.6 Å². The lowest BCUT2D eigenvalue weighted by molar-refractivity contribution is 0.217. The van der Waals surface area contributed by atoms with Crippen molar-refractivity contribution in [1.29, 1.82) is 0 Å². The number of rotatable bonds is 11. The van der Waals surface area contributed by atoms with Crippen molar-refractivity contribution in [2.75, 3.05) is 6.61 Å². The molecule has 0 aliphatic rings. The Morgan fingerprint density at radius 3 is 2.53 bits per heavy atom. The van der Waals surface area contributed by atoms with Crippen LogP contribution in [0.25, 0.3) is 0 Å². The number of halogens is 1. The van der Waals surface area contributed by atoms with E-state index in [1.165, 1.54) is 0 Å². The number of hydrogen-bond donors (Lipinski definition) is 2. The van der Waals surface area contributed by atoms with E-state index in [9.17, 15) is 5.11 Å². The van der Waals surface area contributed by atoms with Crippen molar-refractivity contribution in [1.82, 2.24) is 0 Å². The standard InChI is InChI=1S/C27H30ClNO2S/c1-2-15-27(29,20-30)16-7-10-22-13-14-25(18-26(22)28)32-24-12-6-11-23(17-24)31-19-21-8-4-3-5-9-21/h2-6,8-9,11-15,17-18,30H,7,10,16,19-20,29H2,1H3/b15-2-. The Morgan fingerprint density at radius 1 is 1.03 bits per heavy atom. The number of nitrogens with two attached hydrogens (primary N) is 1. The van der Waals surface area contributed by atoms with E-state index in [2.05, 4.69) is 30.3 Å². The largest absolute Gasteiger partial charge is 0.489 e. The van der Waals surface area contributed by atoms with Crippen molar-refractivity contribution in [2.24, 2.45) is 5.73 Å². The number of aliphatic hydroxyl groups is 1. The second-order valence-electron chi connectivity index (χ2n) is 7.85. The predicted octanol–water partition coefficient (Wildman–Crippen LogP) is 6.66. The molecular formula is C27H30ClNO2S. The molecule has 168 valence electrons. The van der Waals surface area contributed by atoms with Gasteiger partial charge in [-0.2, -0.15) is 0 Å². The Hall–Kier alpha value is -2.24. The third-order valence-electron chi connectivity index (χ3n) is 5.20. The molecule has 3 N–H and O–H groups in total. The van der Waals surface area contributed by atoms with Crippen LogP contribution in [0, 0.1) is 0 Å². The molecule has 32 heavy (non-hydrogen) atoms. The lowest BCUT2D eigenvalue weighted by atomic mass is 9.93. The third-order valence-corrected chi connectivity index (χ3v) is 6.53. The second kappa shape index (κ2) is 12.1. The van der Waals surface area contributed by atoms with Gasteiger partial charge in [0, 0.05) is 14.8 Å². The molecule has 3 aromatic carbocycles. The number of allylic oxidation sites excluding steroid dienone is 1. The molecule has 0 saturated heterocycles.